The second kappa shape index (κ2) is 6.52. The Hall–Kier alpha value is -0.390. The van der Waals surface area contributed by atoms with Crippen LogP contribution in [0.15, 0.2) is 42.5 Å². The van der Waals surface area contributed by atoms with E-state index in [9.17, 15) is 9.46 Å². The average Bonchev–Trinajstić information content (AvgIpc) is 2.16. The molecule has 0 amide bonds. The number of hydrogen-bond acceptors (Lipinski definition) is 3. The van der Waals surface area contributed by atoms with E-state index in [4.69, 9.17) is 4.89 Å². The van der Waals surface area contributed by atoms with Gasteiger partial charge in [-0.1, -0.05) is 36.4 Å². The second-order valence-corrected chi connectivity index (χ2v) is 4.16. The van der Waals surface area contributed by atoms with Crippen LogP contribution in [-0.4, -0.2) is 10.4 Å². The number of rotatable bonds is 2. The molecule has 2 aromatic rings. The fourth-order valence-corrected chi connectivity index (χ4v) is 1.81. The Bertz CT molecular complexity index is 534. The molecule has 86 valence electrons. The number of hydrogen-bond donors (Lipinski definition) is 1. The molecule has 0 bridgehead atoms. The Morgan fingerprint density at radius 1 is 1.12 bits per heavy atom. The van der Waals surface area contributed by atoms with Crippen LogP contribution in [-0.2, 0) is 4.57 Å². The van der Waals surface area contributed by atoms with Gasteiger partial charge in [-0.15, -0.1) is 0 Å². The Kier molecular flexibility index (Phi) is 6.37. The van der Waals surface area contributed by atoms with E-state index in [-0.39, 0.29) is 40.8 Å². The van der Waals surface area contributed by atoms with Gasteiger partial charge >= 0.3 is 37.4 Å². The molecule has 0 radical (unpaired) electrons. The third-order valence-electron chi connectivity index (χ3n) is 1.96. The molecule has 0 aliphatic rings. The first-order valence-corrected chi connectivity index (χ1v) is 5.77. The van der Waals surface area contributed by atoms with E-state index in [0.717, 1.165) is 5.39 Å². The maximum Gasteiger partial charge on any atom is 1.00 e. The summed E-state index contributed by atoms with van der Waals surface area (Å²) in [5.41, 5.74) is 0. The second-order valence-electron chi connectivity index (χ2n) is 3.04. The largest absolute Gasteiger partial charge is 1.00 e. The van der Waals surface area contributed by atoms with E-state index in [2.05, 4.69) is 4.52 Å². The van der Waals surface area contributed by atoms with E-state index in [1.165, 1.54) is 6.07 Å². The molecule has 1 atom stereocenters. The summed E-state index contributed by atoms with van der Waals surface area (Å²) in [4.78, 5) is 19.2. The minimum Gasteiger partial charge on any atom is -0.746 e. The van der Waals surface area contributed by atoms with Gasteiger partial charge in [0.25, 0.3) is 0 Å². The number of phosphoric ester groups is 1. The summed E-state index contributed by atoms with van der Waals surface area (Å²) in [6.45, 7) is 0. The number of fused-ring (bicyclic) bond motifs is 1. The molecule has 0 aromatic heterocycles. The van der Waals surface area contributed by atoms with E-state index in [1.54, 1.807) is 18.2 Å². The van der Waals surface area contributed by atoms with Gasteiger partial charge in [0, 0.05) is 5.39 Å². The quantitative estimate of drug-likeness (QED) is 0.494. The summed E-state index contributed by atoms with van der Waals surface area (Å²) in [6, 6.07) is 12.1. The number of phosphoric acid groups is 1. The summed E-state index contributed by atoms with van der Waals surface area (Å²) >= 11 is 0. The van der Waals surface area contributed by atoms with E-state index in [1.807, 2.05) is 18.2 Å². The minimum absolute atomic E-state index is 0. The van der Waals surface area contributed by atoms with Crippen molar-refractivity contribution in [2.45, 2.75) is 0 Å². The van der Waals surface area contributed by atoms with Crippen LogP contribution in [0.1, 0.15) is 0 Å². The first kappa shape index (κ1) is 16.6. The first-order valence-electron chi connectivity index (χ1n) is 4.27. The molecule has 5 nitrogen and oxygen atoms in total. The molecule has 0 saturated heterocycles. The summed E-state index contributed by atoms with van der Waals surface area (Å²) in [5, 5.41) is 1.49. The molecule has 1 unspecified atom stereocenters. The van der Waals surface area contributed by atoms with Gasteiger partial charge in [-0.2, -0.15) is 0 Å². The van der Waals surface area contributed by atoms with Crippen molar-refractivity contribution in [1.29, 1.82) is 0 Å². The van der Waals surface area contributed by atoms with Crippen molar-refractivity contribution >= 4 is 18.6 Å². The Morgan fingerprint density at radius 3 is 2.35 bits per heavy atom. The Labute approximate surface area is 120 Å². The summed E-state index contributed by atoms with van der Waals surface area (Å²) < 4.78 is 15.1. The van der Waals surface area contributed by atoms with Crippen LogP contribution in [0.4, 0.5) is 0 Å². The zero-order valence-corrected chi connectivity index (χ0v) is 12.1. The zero-order chi connectivity index (χ0) is 10.9. The van der Waals surface area contributed by atoms with E-state index >= 15 is 0 Å². The van der Waals surface area contributed by atoms with Crippen molar-refractivity contribution in [3.63, 3.8) is 0 Å². The molecule has 2 rings (SSSR count). The molecule has 0 saturated carbocycles. The molecule has 0 heterocycles. The maximum absolute atomic E-state index is 10.6. The smallest absolute Gasteiger partial charge is 0.746 e. The molecule has 2 aromatic carbocycles. The van der Waals surface area contributed by atoms with Gasteiger partial charge in [0.1, 0.15) is 5.75 Å². The van der Waals surface area contributed by atoms with Crippen LogP contribution in [0.2, 0.25) is 0 Å². The van der Waals surface area contributed by atoms with Gasteiger partial charge < -0.3 is 19.8 Å². The molecule has 0 spiro atoms. The number of benzene rings is 2. The van der Waals surface area contributed by atoms with Crippen molar-refractivity contribution in [2.24, 2.45) is 0 Å². The van der Waals surface area contributed by atoms with Crippen LogP contribution >= 0.6 is 7.82 Å². The normalized spacial score (nSPS) is 13.1. The molecular formula is C10H10NaO5P. The molecule has 0 aliphatic heterocycles. The predicted molar refractivity (Wildman–Crippen MR) is 58.0 cm³/mol. The Balaban J connectivity index is 0.00000128. The van der Waals surface area contributed by atoms with Gasteiger partial charge in [-0.05, 0) is 11.5 Å². The molecular weight excluding hydrogens is 254 g/mol. The van der Waals surface area contributed by atoms with Crippen molar-refractivity contribution in [3.8, 4) is 5.75 Å². The Morgan fingerprint density at radius 2 is 1.71 bits per heavy atom. The SMILES string of the molecule is O.O=P([O-])(O)Oc1cccc2ccccc12.[Na+]. The van der Waals surface area contributed by atoms with Crippen LogP contribution in [0.25, 0.3) is 10.8 Å². The molecule has 3 N–H and O–H groups in total. The third kappa shape index (κ3) is 4.41. The zero-order valence-electron chi connectivity index (χ0n) is 9.16. The monoisotopic (exact) mass is 264 g/mol. The van der Waals surface area contributed by atoms with Gasteiger partial charge in [0.05, 0.1) is 0 Å². The van der Waals surface area contributed by atoms with Crippen molar-refractivity contribution in [2.75, 3.05) is 0 Å². The fourth-order valence-electron chi connectivity index (χ4n) is 1.40. The van der Waals surface area contributed by atoms with Crippen molar-refractivity contribution in [1.82, 2.24) is 0 Å². The average molecular weight is 264 g/mol. The van der Waals surface area contributed by atoms with Gasteiger partial charge in [-0.25, -0.2) is 0 Å². The molecule has 0 aliphatic carbocycles. The maximum atomic E-state index is 10.6. The van der Waals surface area contributed by atoms with Crippen LogP contribution in [0.5, 0.6) is 5.75 Å². The van der Waals surface area contributed by atoms with Crippen LogP contribution in [0.3, 0.4) is 0 Å². The molecule has 0 fully saturated rings. The third-order valence-corrected chi connectivity index (χ3v) is 2.39. The molecule has 17 heavy (non-hydrogen) atoms. The van der Waals surface area contributed by atoms with Crippen LogP contribution in [0, 0.1) is 0 Å². The van der Waals surface area contributed by atoms with Gasteiger partial charge in [-0.3, -0.25) is 4.57 Å². The topological polar surface area (TPSA) is 101 Å². The summed E-state index contributed by atoms with van der Waals surface area (Å²) in [7, 11) is -4.74. The standard InChI is InChI=1S/C10H9O4P.Na.H2O/c11-15(12,13)14-10-7-3-5-8-4-1-2-6-9(8)10;;/h1-7H,(H2,11,12,13);;1H2/q;+1;/p-1. The minimum atomic E-state index is -4.74. The van der Waals surface area contributed by atoms with E-state index in [0.29, 0.717) is 5.39 Å². The predicted octanol–water partition coefficient (Wildman–Crippen LogP) is -2.14. The fraction of sp³-hybridized carbons (Fsp3) is 0. The van der Waals surface area contributed by atoms with Crippen molar-refractivity contribution in [3.05, 3.63) is 42.5 Å². The van der Waals surface area contributed by atoms with Crippen LogP contribution < -0.4 is 39.0 Å². The molecule has 7 heteroatoms. The van der Waals surface area contributed by atoms with E-state index < -0.39 is 7.82 Å². The first-order chi connectivity index (χ1) is 7.06. The van der Waals surface area contributed by atoms with Gasteiger partial charge in [0.15, 0.2) is 0 Å². The summed E-state index contributed by atoms with van der Waals surface area (Å²) in [6.07, 6.45) is 0. The summed E-state index contributed by atoms with van der Waals surface area (Å²) in [5.74, 6) is 0.133. The van der Waals surface area contributed by atoms with Gasteiger partial charge in [0.2, 0.25) is 0 Å². The van der Waals surface area contributed by atoms with Crippen molar-refractivity contribution < 1.29 is 53.9 Å².